The van der Waals surface area contributed by atoms with Crippen molar-refractivity contribution in [2.75, 3.05) is 0 Å². The van der Waals surface area contributed by atoms with Crippen molar-refractivity contribution in [3.8, 4) is 11.8 Å². The van der Waals surface area contributed by atoms with Crippen molar-refractivity contribution in [2.24, 2.45) is 5.92 Å². The molecule has 0 radical (unpaired) electrons. The van der Waals surface area contributed by atoms with Gasteiger partial charge in [0.05, 0.1) is 0 Å². The molecule has 0 heterocycles. The van der Waals surface area contributed by atoms with Gasteiger partial charge in [0.15, 0.2) is 0 Å². The molecule has 0 aromatic heterocycles. The van der Waals surface area contributed by atoms with Gasteiger partial charge in [0.2, 0.25) is 0 Å². The summed E-state index contributed by atoms with van der Waals surface area (Å²) in [4.78, 5) is 0. The molecule has 0 aliphatic rings. The van der Waals surface area contributed by atoms with E-state index in [0.717, 1.165) is 5.92 Å². The van der Waals surface area contributed by atoms with Gasteiger partial charge < -0.3 is 0 Å². The molecule has 0 nitrogen and oxygen atoms in total. The third-order valence-electron chi connectivity index (χ3n) is 0.250. The van der Waals surface area contributed by atoms with Crippen LogP contribution in [0.5, 0.6) is 0 Å². The van der Waals surface area contributed by atoms with Gasteiger partial charge in [0, 0.05) is 0 Å². The maximum Gasteiger partial charge on any atom is -0.00271 e. The smallest absolute Gasteiger partial charge is 0.00271 e. The Balaban J connectivity index is -0.0000000787. The van der Waals surface area contributed by atoms with E-state index in [2.05, 4.69) is 32.6 Å². The van der Waals surface area contributed by atoms with E-state index in [9.17, 15) is 0 Å². The minimum Gasteiger partial charge on any atom is -0.107 e. The van der Waals surface area contributed by atoms with Crippen LogP contribution in [0.4, 0.5) is 0 Å². The molecule has 0 unspecified atom stereocenters. The Morgan fingerprint density at radius 2 is 0.900 bits per heavy atom. The van der Waals surface area contributed by atoms with Crippen molar-refractivity contribution < 1.29 is 0 Å². The lowest BCUT2D eigenvalue weighted by Crippen LogP contribution is -1.66. The van der Waals surface area contributed by atoms with Gasteiger partial charge in [0.1, 0.15) is 0 Å². The number of hydrogen-bond donors (Lipinski definition) is 0. The SMILES string of the molecule is CC.CC#CC.CC(C)C. The molecule has 0 atom stereocenters. The van der Waals surface area contributed by atoms with Crippen molar-refractivity contribution in [3.05, 3.63) is 0 Å². The monoisotopic (exact) mass is 142 g/mol. The molecule has 0 fully saturated rings. The van der Waals surface area contributed by atoms with E-state index in [4.69, 9.17) is 0 Å². The molecule has 0 saturated carbocycles. The average Bonchev–Trinajstić information content (AvgIpc) is 1.91. The summed E-state index contributed by atoms with van der Waals surface area (Å²) in [6.07, 6.45) is 0. The highest BCUT2D eigenvalue weighted by atomic mass is 13.7. The summed E-state index contributed by atoms with van der Waals surface area (Å²) in [6, 6.07) is 0. The predicted molar refractivity (Wildman–Crippen MR) is 51.0 cm³/mol. The van der Waals surface area contributed by atoms with Gasteiger partial charge in [-0.15, -0.1) is 11.8 Å². The van der Waals surface area contributed by atoms with Gasteiger partial charge in [-0.2, -0.15) is 0 Å². The lowest BCUT2D eigenvalue weighted by Gasteiger charge is -1.79. The molecule has 0 bridgehead atoms. The molecule has 0 spiro atoms. The van der Waals surface area contributed by atoms with E-state index in [0.29, 0.717) is 0 Å². The zero-order valence-electron chi connectivity index (χ0n) is 8.58. The van der Waals surface area contributed by atoms with Crippen molar-refractivity contribution in [2.45, 2.75) is 48.5 Å². The second-order valence-corrected chi connectivity index (χ2v) is 2.23. The molecule has 0 aliphatic carbocycles. The first-order valence-electron chi connectivity index (χ1n) is 3.98. The molecule has 0 aliphatic heterocycles. The van der Waals surface area contributed by atoms with Gasteiger partial charge in [-0.1, -0.05) is 34.6 Å². The Morgan fingerprint density at radius 1 is 0.800 bits per heavy atom. The van der Waals surface area contributed by atoms with Crippen molar-refractivity contribution in [1.82, 2.24) is 0 Å². The van der Waals surface area contributed by atoms with Crippen LogP contribution >= 0.6 is 0 Å². The third kappa shape index (κ3) is 1040. The summed E-state index contributed by atoms with van der Waals surface area (Å²) in [5, 5.41) is 0. The van der Waals surface area contributed by atoms with Crippen LogP contribution in [0.1, 0.15) is 48.5 Å². The number of hydrogen-bond acceptors (Lipinski definition) is 0. The maximum atomic E-state index is 2.68. The second kappa shape index (κ2) is 23.5. The zero-order chi connectivity index (χ0) is 8.99. The standard InChI is InChI=1S/C4H10.C4H6.C2H6/c1-4(2)3;1-3-4-2;1-2/h4H,1-3H3;1-2H3;1-2H3. The average molecular weight is 142 g/mol. The first-order valence-corrected chi connectivity index (χ1v) is 3.98. The predicted octanol–water partition coefficient (Wildman–Crippen LogP) is 3.72. The Hall–Kier alpha value is -0.440. The van der Waals surface area contributed by atoms with Gasteiger partial charge >= 0.3 is 0 Å². The highest BCUT2D eigenvalue weighted by Crippen LogP contribution is 1.81. The van der Waals surface area contributed by atoms with Gasteiger partial charge in [-0.3, -0.25) is 0 Å². The summed E-state index contributed by atoms with van der Waals surface area (Å²) >= 11 is 0. The molecule has 0 amide bonds. The first-order chi connectivity index (χ1) is 4.65. The van der Waals surface area contributed by atoms with E-state index in [1.165, 1.54) is 0 Å². The second-order valence-electron chi connectivity index (χ2n) is 2.23. The quantitative estimate of drug-likeness (QED) is 0.452. The Morgan fingerprint density at radius 3 is 0.900 bits per heavy atom. The fraction of sp³-hybridized carbons (Fsp3) is 0.800. The molecule has 0 saturated heterocycles. The van der Waals surface area contributed by atoms with Crippen LogP contribution in [0, 0.1) is 17.8 Å². The van der Waals surface area contributed by atoms with Gasteiger partial charge in [0.25, 0.3) is 0 Å². The molecule has 0 rings (SSSR count). The highest BCUT2D eigenvalue weighted by molar-refractivity contribution is 4.89. The van der Waals surface area contributed by atoms with E-state index in [1.54, 1.807) is 0 Å². The van der Waals surface area contributed by atoms with Gasteiger partial charge in [-0.05, 0) is 19.8 Å². The highest BCUT2D eigenvalue weighted by Gasteiger charge is 1.68. The van der Waals surface area contributed by atoms with Crippen LogP contribution in [0.3, 0.4) is 0 Å². The van der Waals surface area contributed by atoms with Crippen molar-refractivity contribution >= 4 is 0 Å². The fourth-order valence-electron chi connectivity index (χ4n) is 0. The lowest BCUT2D eigenvalue weighted by atomic mass is 10.3. The third-order valence-corrected chi connectivity index (χ3v) is 0.250. The summed E-state index contributed by atoms with van der Waals surface area (Å²) in [6.45, 7) is 14.1. The molecule has 0 aromatic carbocycles. The Kier molecular flexibility index (Phi) is 38.3. The zero-order valence-corrected chi connectivity index (χ0v) is 8.58. The maximum absolute atomic E-state index is 2.68. The molecular formula is C10H22. The summed E-state index contributed by atoms with van der Waals surface area (Å²) in [5.41, 5.74) is 0. The molecule has 0 heteroatoms. The van der Waals surface area contributed by atoms with Crippen LogP contribution in [0.15, 0.2) is 0 Å². The van der Waals surface area contributed by atoms with E-state index < -0.39 is 0 Å². The summed E-state index contributed by atoms with van der Waals surface area (Å²) in [7, 11) is 0. The molecule has 0 aromatic rings. The minimum atomic E-state index is 0.833. The summed E-state index contributed by atoms with van der Waals surface area (Å²) in [5.74, 6) is 6.19. The van der Waals surface area contributed by atoms with Crippen LogP contribution in [-0.4, -0.2) is 0 Å². The lowest BCUT2D eigenvalue weighted by molar-refractivity contribution is 0.737. The van der Waals surface area contributed by atoms with Crippen LogP contribution in [-0.2, 0) is 0 Å². The molecule has 0 N–H and O–H groups in total. The van der Waals surface area contributed by atoms with Crippen molar-refractivity contribution in [1.29, 1.82) is 0 Å². The van der Waals surface area contributed by atoms with E-state index >= 15 is 0 Å². The largest absolute Gasteiger partial charge is 0.107 e. The minimum absolute atomic E-state index is 0.833. The Labute approximate surface area is 67.0 Å². The van der Waals surface area contributed by atoms with Crippen LogP contribution in [0.2, 0.25) is 0 Å². The Bertz CT molecular complexity index is 61.0. The molecule has 10 heavy (non-hydrogen) atoms. The van der Waals surface area contributed by atoms with E-state index in [-0.39, 0.29) is 0 Å². The summed E-state index contributed by atoms with van der Waals surface area (Å²) < 4.78 is 0. The van der Waals surface area contributed by atoms with Crippen LogP contribution < -0.4 is 0 Å². The normalized spacial score (nSPS) is 5.60. The molecular weight excluding hydrogens is 120 g/mol. The van der Waals surface area contributed by atoms with E-state index in [1.807, 2.05) is 27.7 Å². The van der Waals surface area contributed by atoms with Crippen LogP contribution in [0.25, 0.3) is 0 Å². The molecule has 62 valence electrons. The van der Waals surface area contributed by atoms with Gasteiger partial charge in [-0.25, -0.2) is 0 Å². The number of rotatable bonds is 0. The fourth-order valence-corrected chi connectivity index (χ4v) is 0. The topological polar surface area (TPSA) is 0 Å². The first kappa shape index (κ1) is 16.3. The van der Waals surface area contributed by atoms with Crippen molar-refractivity contribution in [3.63, 3.8) is 0 Å².